The van der Waals surface area contributed by atoms with Gasteiger partial charge in [0, 0.05) is 13.1 Å². The van der Waals surface area contributed by atoms with Crippen LogP contribution in [0.4, 0.5) is 0 Å². The molecule has 5 nitrogen and oxygen atoms in total. The van der Waals surface area contributed by atoms with Crippen LogP contribution in [0.25, 0.3) is 0 Å². The lowest BCUT2D eigenvalue weighted by Crippen LogP contribution is -2.32. The van der Waals surface area contributed by atoms with Gasteiger partial charge in [0.25, 0.3) is 5.91 Å². The zero-order valence-corrected chi connectivity index (χ0v) is 19.6. The van der Waals surface area contributed by atoms with Crippen LogP contribution in [-0.2, 0) is 19.6 Å². The van der Waals surface area contributed by atoms with E-state index < -0.39 is 0 Å². The van der Waals surface area contributed by atoms with Gasteiger partial charge in [-0.3, -0.25) is 9.69 Å². The Hall–Kier alpha value is -2.63. The van der Waals surface area contributed by atoms with Crippen LogP contribution in [0, 0.1) is 12.8 Å². The second kappa shape index (κ2) is 10.3. The predicted molar refractivity (Wildman–Crippen MR) is 129 cm³/mol. The third-order valence-corrected chi connectivity index (χ3v) is 6.61. The highest BCUT2D eigenvalue weighted by Gasteiger charge is 2.20. The summed E-state index contributed by atoms with van der Waals surface area (Å²) in [7, 11) is 0. The molecule has 0 atom stereocenters. The molecule has 2 heterocycles. The van der Waals surface area contributed by atoms with Crippen LogP contribution in [0.15, 0.2) is 54.6 Å². The zero-order chi connectivity index (χ0) is 22.5. The maximum absolute atomic E-state index is 12.8. The van der Waals surface area contributed by atoms with E-state index in [-0.39, 0.29) is 5.91 Å². The van der Waals surface area contributed by atoms with Crippen LogP contribution < -0.4 is 5.32 Å². The monoisotopic (exact) mass is 450 g/mol. The maximum Gasteiger partial charge on any atom is 0.256 e. The summed E-state index contributed by atoms with van der Waals surface area (Å²) in [5.74, 6) is 0.651. The summed E-state index contributed by atoms with van der Waals surface area (Å²) in [5, 5.41) is 7.84. The summed E-state index contributed by atoms with van der Waals surface area (Å²) in [6.07, 6.45) is 2.57. The lowest BCUT2D eigenvalue weighted by Gasteiger charge is -2.30. The molecular formula is C26H31ClN4O. The summed E-state index contributed by atoms with van der Waals surface area (Å²) >= 11 is 6.51. The Morgan fingerprint density at radius 3 is 2.31 bits per heavy atom. The number of nitrogens with one attached hydrogen (secondary N) is 1. The predicted octanol–water partition coefficient (Wildman–Crippen LogP) is 5.06. The van der Waals surface area contributed by atoms with Crippen LogP contribution in [0.3, 0.4) is 0 Å². The highest BCUT2D eigenvalue weighted by Crippen LogP contribution is 2.21. The largest absolute Gasteiger partial charge is 0.348 e. The third kappa shape index (κ3) is 5.59. The molecule has 4 rings (SSSR count). The Balaban J connectivity index is 1.33. The number of rotatable bonds is 7. The Morgan fingerprint density at radius 1 is 1.00 bits per heavy atom. The molecule has 1 saturated heterocycles. The van der Waals surface area contributed by atoms with Crippen molar-refractivity contribution in [3.63, 3.8) is 0 Å². The first-order chi connectivity index (χ1) is 15.5. The summed E-state index contributed by atoms with van der Waals surface area (Å²) in [5.41, 5.74) is 4.55. The van der Waals surface area contributed by atoms with Gasteiger partial charge in [-0.2, -0.15) is 5.10 Å². The van der Waals surface area contributed by atoms with Gasteiger partial charge in [0.2, 0.25) is 0 Å². The van der Waals surface area contributed by atoms with Crippen LogP contribution in [-0.4, -0.2) is 33.7 Å². The van der Waals surface area contributed by atoms with Gasteiger partial charge in [-0.15, -0.1) is 0 Å². The van der Waals surface area contributed by atoms with Crippen LogP contribution in [0.2, 0.25) is 5.15 Å². The normalized spacial score (nSPS) is 15.1. The summed E-state index contributed by atoms with van der Waals surface area (Å²) in [4.78, 5) is 15.3. The second-order valence-corrected chi connectivity index (χ2v) is 9.21. The maximum atomic E-state index is 12.8. The molecule has 0 radical (unpaired) electrons. The number of aryl methyl sites for hydroxylation is 1. The lowest BCUT2D eigenvalue weighted by atomic mass is 9.99. The van der Waals surface area contributed by atoms with Crippen molar-refractivity contribution in [1.29, 1.82) is 0 Å². The minimum Gasteiger partial charge on any atom is -0.348 e. The van der Waals surface area contributed by atoms with Gasteiger partial charge >= 0.3 is 0 Å². The fourth-order valence-electron chi connectivity index (χ4n) is 4.18. The summed E-state index contributed by atoms with van der Waals surface area (Å²) in [6.45, 7) is 8.50. The minimum absolute atomic E-state index is 0.196. The van der Waals surface area contributed by atoms with Gasteiger partial charge in [-0.1, -0.05) is 73.1 Å². The number of likely N-dealkylation sites (tertiary alicyclic amines) is 1. The second-order valence-electron chi connectivity index (χ2n) is 8.85. The van der Waals surface area contributed by atoms with E-state index in [4.69, 9.17) is 11.6 Å². The molecule has 2 aromatic carbocycles. The van der Waals surface area contributed by atoms with E-state index in [1.165, 1.54) is 31.5 Å². The quantitative estimate of drug-likeness (QED) is 0.547. The molecule has 0 bridgehead atoms. The Labute approximate surface area is 195 Å². The molecule has 1 amide bonds. The summed E-state index contributed by atoms with van der Waals surface area (Å²) in [6, 6.07) is 18.5. The molecule has 6 heteroatoms. The molecule has 1 N–H and O–H groups in total. The number of carbonyl (C=O) groups is 1. The van der Waals surface area contributed by atoms with E-state index in [0.717, 1.165) is 23.6 Å². The average Bonchev–Trinajstić information content (AvgIpc) is 3.08. The molecule has 0 spiro atoms. The van der Waals surface area contributed by atoms with E-state index >= 15 is 0 Å². The van der Waals surface area contributed by atoms with Gasteiger partial charge in [0.05, 0.1) is 17.8 Å². The van der Waals surface area contributed by atoms with Crippen molar-refractivity contribution >= 4 is 17.5 Å². The smallest absolute Gasteiger partial charge is 0.256 e. The molecule has 168 valence electrons. The van der Waals surface area contributed by atoms with Crippen molar-refractivity contribution in [3.8, 4) is 0 Å². The Kier molecular flexibility index (Phi) is 7.28. The van der Waals surface area contributed by atoms with E-state index in [0.29, 0.717) is 29.5 Å². The molecule has 0 saturated carbocycles. The number of carbonyl (C=O) groups excluding carboxylic acids is 1. The van der Waals surface area contributed by atoms with Crippen molar-refractivity contribution in [3.05, 3.63) is 87.7 Å². The lowest BCUT2D eigenvalue weighted by molar-refractivity contribution is 0.0950. The van der Waals surface area contributed by atoms with E-state index in [2.05, 4.69) is 46.5 Å². The van der Waals surface area contributed by atoms with Gasteiger partial charge < -0.3 is 5.32 Å². The van der Waals surface area contributed by atoms with Crippen LogP contribution in [0.1, 0.15) is 52.5 Å². The van der Waals surface area contributed by atoms with E-state index in [1.54, 1.807) is 4.68 Å². The molecule has 1 aliphatic heterocycles. The SMILES string of the molecule is Cc1nn(Cc2ccccc2)c(Cl)c1C(=O)NCc1ccc(CN2CCC(C)CC2)cc1. The molecule has 0 unspecified atom stereocenters. The van der Waals surface area contributed by atoms with Crippen molar-refractivity contribution in [1.82, 2.24) is 20.0 Å². The van der Waals surface area contributed by atoms with Crippen LogP contribution >= 0.6 is 11.6 Å². The summed E-state index contributed by atoms with van der Waals surface area (Å²) < 4.78 is 1.68. The molecule has 1 aliphatic rings. The molecule has 3 aromatic rings. The highest BCUT2D eigenvalue weighted by atomic mass is 35.5. The molecule has 32 heavy (non-hydrogen) atoms. The molecular weight excluding hydrogens is 420 g/mol. The van der Waals surface area contributed by atoms with Gasteiger partial charge in [-0.05, 0) is 55.5 Å². The fraction of sp³-hybridized carbons (Fsp3) is 0.385. The van der Waals surface area contributed by atoms with Crippen molar-refractivity contribution in [2.24, 2.45) is 5.92 Å². The van der Waals surface area contributed by atoms with Crippen molar-refractivity contribution < 1.29 is 4.79 Å². The molecule has 1 fully saturated rings. The van der Waals surface area contributed by atoms with Crippen molar-refractivity contribution in [2.45, 2.75) is 46.3 Å². The molecule has 0 aliphatic carbocycles. The first-order valence-electron chi connectivity index (χ1n) is 11.3. The van der Waals surface area contributed by atoms with Crippen molar-refractivity contribution in [2.75, 3.05) is 13.1 Å². The Bertz CT molecular complexity index is 1040. The standard InChI is InChI=1S/C26H31ClN4O/c1-19-12-14-30(15-13-19)17-23-10-8-21(9-11-23)16-28-26(32)24-20(2)29-31(25(24)27)18-22-6-4-3-5-7-22/h3-11,19H,12-18H2,1-2H3,(H,28,32). The third-order valence-electron chi connectivity index (χ3n) is 6.23. The average molecular weight is 451 g/mol. The number of hydrogen-bond donors (Lipinski definition) is 1. The van der Waals surface area contributed by atoms with E-state index in [9.17, 15) is 4.79 Å². The number of amides is 1. The molecule has 1 aromatic heterocycles. The highest BCUT2D eigenvalue weighted by molar-refractivity contribution is 6.33. The zero-order valence-electron chi connectivity index (χ0n) is 18.9. The first kappa shape index (κ1) is 22.6. The number of halogens is 1. The van der Waals surface area contributed by atoms with Gasteiger partial charge in [0.15, 0.2) is 0 Å². The number of benzene rings is 2. The number of nitrogens with zero attached hydrogens (tertiary/aromatic N) is 3. The van der Waals surface area contributed by atoms with Crippen LogP contribution in [0.5, 0.6) is 0 Å². The Morgan fingerprint density at radius 2 is 1.62 bits per heavy atom. The van der Waals surface area contributed by atoms with Gasteiger partial charge in [-0.25, -0.2) is 4.68 Å². The number of hydrogen-bond acceptors (Lipinski definition) is 3. The van der Waals surface area contributed by atoms with E-state index in [1.807, 2.05) is 37.3 Å². The first-order valence-corrected chi connectivity index (χ1v) is 11.7. The number of piperidine rings is 1. The minimum atomic E-state index is -0.196. The topological polar surface area (TPSA) is 50.2 Å². The van der Waals surface area contributed by atoms with Gasteiger partial charge in [0.1, 0.15) is 5.15 Å². The number of aromatic nitrogens is 2. The fourth-order valence-corrected chi connectivity index (χ4v) is 4.50.